The van der Waals surface area contributed by atoms with Crippen LogP contribution in [0.15, 0.2) is 85.5 Å². The van der Waals surface area contributed by atoms with Gasteiger partial charge in [0.1, 0.15) is 25.4 Å². The summed E-state index contributed by atoms with van der Waals surface area (Å²) in [6.45, 7) is 14.2. The van der Waals surface area contributed by atoms with Crippen molar-refractivity contribution >= 4 is 18.0 Å². The van der Waals surface area contributed by atoms with E-state index in [4.69, 9.17) is 14.2 Å². The minimum atomic E-state index is -1.44. The predicted octanol–water partition coefficient (Wildman–Crippen LogP) is 6.24. The van der Waals surface area contributed by atoms with Gasteiger partial charge in [-0.3, -0.25) is 9.59 Å². The third-order valence-corrected chi connectivity index (χ3v) is 6.95. The van der Waals surface area contributed by atoms with Gasteiger partial charge in [0.25, 0.3) is 0 Å². The fourth-order valence-corrected chi connectivity index (χ4v) is 4.89. The van der Waals surface area contributed by atoms with E-state index in [1.807, 2.05) is 30.3 Å². The molecule has 0 saturated carbocycles. The zero-order valence-electron chi connectivity index (χ0n) is 25.4. The van der Waals surface area contributed by atoms with Crippen molar-refractivity contribution in [2.75, 3.05) is 13.2 Å². The van der Waals surface area contributed by atoms with Gasteiger partial charge in [-0.05, 0) is 63.8 Å². The fraction of sp³-hybridized carbons (Fsp3) is 0.333. The van der Waals surface area contributed by atoms with Gasteiger partial charge in [0.2, 0.25) is 0 Å². The second-order valence-electron chi connectivity index (χ2n) is 10.5. The first-order valence-corrected chi connectivity index (χ1v) is 14.6. The molecular formula is C36H44NO5+. The normalized spacial score (nSPS) is 11.3. The van der Waals surface area contributed by atoms with Crippen LogP contribution >= 0.6 is 0 Å². The Balaban J connectivity index is 1.52. The van der Waals surface area contributed by atoms with Crippen LogP contribution in [0.1, 0.15) is 60.1 Å². The third-order valence-electron chi connectivity index (χ3n) is 6.95. The van der Waals surface area contributed by atoms with E-state index >= 15 is 0 Å². The van der Waals surface area contributed by atoms with Crippen LogP contribution in [-0.4, -0.2) is 25.2 Å². The Hall–Kier alpha value is -4.16. The first kappa shape index (κ1) is 32.4. The molecule has 0 atom stereocenters. The topological polar surface area (TPSA) is 78.4 Å². The molecule has 0 heterocycles. The number of carbonyl (C=O) groups excluding carboxylic acids is 2. The molecule has 0 bridgehead atoms. The molecule has 3 rings (SSSR count). The number of hydrogen-bond donors (Lipinski definition) is 1. The van der Waals surface area contributed by atoms with Crippen molar-refractivity contribution in [1.82, 2.24) is 0 Å². The molecule has 0 aromatic heterocycles. The SMILES string of the molecule is C=CCC(C/C=C/c1ccc(OCc2ccc(C[NH2+]Cc3cc(C)cc(C)c3)cc2)cc1)(C(=O)OCC)C(=O)OCC. The summed E-state index contributed by atoms with van der Waals surface area (Å²) in [5, 5.41) is 2.32. The highest BCUT2D eigenvalue weighted by atomic mass is 16.6. The Morgan fingerprint density at radius 1 is 0.786 bits per heavy atom. The molecule has 0 spiro atoms. The fourth-order valence-electron chi connectivity index (χ4n) is 4.89. The van der Waals surface area contributed by atoms with E-state index in [1.54, 1.807) is 26.0 Å². The number of quaternary nitrogens is 1. The highest BCUT2D eigenvalue weighted by Crippen LogP contribution is 2.32. The number of carbonyl (C=O) groups is 2. The van der Waals surface area contributed by atoms with Crippen LogP contribution in [0.3, 0.4) is 0 Å². The molecule has 42 heavy (non-hydrogen) atoms. The van der Waals surface area contributed by atoms with Crippen LogP contribution in [0.4, 0.5) is 0 Å². The third kappa shape index (κ3) is 9.45. The van der Waals surface area contributed by atoms with Crippen LogP contribution in [-0.2, 0) is 38.8 Å². The van der Waals surface area contributed by atoms with Crippen LogP contribution in [0.5, 0.6) is 5.75 Å². The molecule has 6 heteroatoms. The molecule has 0 aliphatic heterocycles. The standard InChI is InChI=1S/C36H43NO5/c1-6-19-36(34(38)40-7-2,35(39)41-8-3)20-9-10-29-15-17-33(18-16-29)42-26-31-13-11-30(12-14-31)24-37-25-32-22-27(4)21-28(5)23-32/h6,9-18,21-23,37H,1,7-8,19-20,24-26H2,2-5H3/p+1/b10-9+. The lowest BCUT2D eigenvalue weighted by Crippen LogP contribution is -2.80. The van der Waals surface area contributed by atoms with Crippen LogP contribution in [0.25, 0.3) is 6.08 Å². The number of esters is 2. The minimum Gasteiger partial charge on any atom is -0.489 e. The van der Waals surface area contributed by atoms with Crippen molar-refractivity contribution in [2.45, 2.75) is 60.2 Å². The predicted molar refractivity (Wildman–Crippen MR) is 167 cm³/mol. The number of allylic oxidation sites excluding steroid dienone is 2. The molecule has 0 aliphatic rings. The smallest absolute Gasteiger partial charge is 0.324 e. The van der Waals surface area contributed by atoms with Crippen LogP contribution < -0.4 is 10.1 Å². The first-order valence-electron chi connectivity index (χ1n) is 14.6. The van der Waals surface area contributed by atoms with Gasteiger partial charge in [-0.2, -0.15) is 0 Å². The van der Waals surface area contributed by atoms with Crippen molar-refractivity contribution in [1.29, 1.82) is 0 Å². The van der Waals surface area contributed by atoms with Crippen molar-refractivity contribution in [3.8, 4) is 5.75 Å². The largest absolute Gasteiger partial charge is 0.489 e. The maximum atomic E-state index is 12.8. The summed E-state index contributed by atoms with van der Waals surface area (Å²) in [4.78, 5) is 25.5. The molecule has 0 saturated heterocycles. The number of aryl methyl sites for hydroxylation is 2. The Morgan fingerprint density at radius 2 is 1.36 bits per heavy atom. The molecule has 3 aromatic carbocycles. The molecule has 0 fully saturated rings. The van der Waals surface area contributed by atoms with Gasteiger partial charge in [0, 0.05) is 11.1 Å². The molecule has 0 aliphatic carbocycles. The Bertz CT molecular complexity index is 1300. The molecule has 3 aromatic rings. The molecule has 2 N–H and O–H groups in total. The average molecular weight is 571 g/mol. The summed E-state index contributed by atoms with van der Waals surface area (Å²) >= 11 is 0. The highest BCUT2D eigenvalue weighted by Gasteiger charge is 2.46. The van der Waals surface area contributed by atoms with Crippen molar-refractivity contribution < 1.29 is 29.1 Å². The first-order chi connectivity index (χ1) is 20.3. The number of benzene rings is 3. The summed E-state index contributed by atoms with van der Waals surface area (Å²) in [6.07, 6.45) is 5.50. The molecule has 222 valence electrons. The maximum absolute atomic E-state index is 12.8. The van der Waals surface area contributed by atoms with E-state index in [1.165, 1.54) is 22.3 Å². The van der Waals surface area contributed by atoms with Gasteiger partial charge < -0.3 is 19.5 Å². The van der Waals surface area contributed by atoms with E-state index in [2.05, 4.69) is 68.2 Å². The molecule has 0 unspecified atom stereocenters. The van der Waals surface area contributed by atoms with Crippen molar-refractivity contribution in [3.05, 3.63) is 119 Å². The second-order valence-corrected chi connectivity index (χ2v) is 10.5. The zero-order valence-corrected chi connectivity index (χ0v) is 25.4. The summed E-state index contributed by atoms with van der Waals surface area (Å²) < 4.78 is 16.4. The molecular weight excluding hydrogens is 526 g/mol. The van der Waals surface area contributed by atoms with Crippen molar-refractivity contribution in [2.24, 2.45) is 5.41 Å². The Labute approximate surface area is 250 Å². The minimum absolute atomic E-state index is 0.133. The lowest BCUT2D eigenvalue weighted by Gasteiger charge is -2.26. The molecule has 0 radical (unpaired) electrons. The van der Waals surface area contributed by atoms with Gasteiger partial charge in [0.05, 0.1) is 13.2 Å². The molecule has 6 nitrogen and oxygen atoms in total. The van der Waals surface area contributed by atoms with Crippen LogP contribution in [0.2, 0.25) is 0 Å². The monoisotopic (exact) mass is 570 g/mol. The van der Waals surface area contributed by atoms with E-state index < -0.39 is 17.4 Å². The van der Waals surface area contributed by atoms with E-state index in [0.717, 1.165) is 30.0 Å². The lowest BCUT2D eigenvalue weighted by molar-refractivity contribution is -0.686. The summed E-state index contributed by atoms with van der Waals surface area (Å²) in [5.41, 5.74) is 5.83. The summed E-state index contributed by atoms with van der Waals surface area (Å²) in [7, 11) is 0. The van der Waals surface area contributed by atoms with Gasteiger partial charge in [-0.15, -0.1) is 6.58 Å². The summed E-state index contributed by atoms with van der Waals surface area (Å²) in [5.74, 6) is -0.433. The van der Waals surface area contributed by atoms with Crippen LogP contribution in [0, 0.1) is 19.3 Å². The highest BCUT2D eigenvalue weighted by molar-refractivity contribution is 6.00. The van der Waals surface area contributed by atoms with E-state index in [9.17, 15) is 9.59 Å². The number of nitrogens with two attached hydrogens (primary N) is 1. The van der Waals surface area contributed by atoms with E-state index in [0.29, 0.717) is 6.61 Å². The van der Waals surface area contributed by atoms with Gasteiger partial charge in [-0.1, -0.05) is 84.0 Å². The zero-order chi connectivity index (χ0) is 30.4. The van der Waals surface area contributed by atoms with Crippen molar-refractivity contribution in [3.63, 3.8) is 0 Å². The quantitative estimate of drug-likeness (QED) is 0.125. The lowest BCUT2D eigenvalue weighted by atomic mass is 9.80. The summed E-state index contributed by atoms with van der Waals surface area (Å²) in [6, 6.07) is 22.9. The molecule has 0 amide bonds. The Morgan fingerprint density at radius 3 is 1.93 bits per heavy atom. The number of ether oxygens (including phenoxy) is 3. The van der Waals surface area contributed by atoms with E-state index in [-0.39, 0.29) is 26.1 Å². The Kier molecular flexibility index (Phi) is 12.6. The maximum Gasteiger partial charge on any atom is 0.324 e. The second kappa shape index (κ2) is 16.3. The number of hydrogen-bond acceptors (Lipinski definition) is 5. The van der Waals surface area contributed by atoms with Gasteiger partial charge in [0.15, 0.2) is 5.41 Å². The average Bonchev–Trinajstić information content (AvgIpc) is 2.96. The van der Waals surface area contributed by atoms with Gasteiger partial charge in [-0.25, -0.2) is 0 Å². The van der Waals surface area contributed by atoms with Gasteiger partial charge >= 0.3 is 11.9 Å². The number of rotatable bonds is 16.